The van der Waals surface area contributed by atoms with Gasteiger partial charge < -0.3 is 0 Å². The molecule has 0 radical (unpaired) electrons. The van der Waals surface area contributed by atoms with E-state index in [1.807, 2.05) is 12.1 Å². The first-order valence-electron chi connectivity index (χ1n) is 7.00. The number of nitrogens with zero attached hydrogens (tertiary/aromatic N) is 3. The summed E-state index contributed by atoms with van der Waals surface area (Å²) in [6, 6.07) is 11.7. The molecule has 4 rings (SSSR count). The van der Waals surface area contributed by atoms with Gasteiger partial charge >= 0.3 is 0 Å². The molecule has 0 fully saturated rings. The van der Waals surface area contributed by atoms with Crippen molar-refractivity contribution in [3.05, 3.63) is 74.3 Å². The Morgan fingerprint density at radius 3 is 2.65 bits per heavy atom. The average molecular weight is 328 g/mol. The molecule has 2 aromatic carbocycles. The molecular formula is C16H10ClN3O3. The molecule has 114 valence electrons. The van der Waals surface area contributed by atoms with Gasteiger partial charge in [0.1, 0.15) is 5.56 Å². The number of fused-ring (bicyclic) bond motifs is 3. The van der Waals surface area contributed by atoms with E-state index in [0.29, 0.717) is 17.0 Å². The monoisotopic (exact) mass is 327 g/mol. The van der Waals surface area contributed by atoms with Gasteiger partial charge in [-0.2, -0.15) is 5.10 Å². The van der Waals surface area contributed by atoms with Crippen molar-refractivity contribution in [1.29, 1.82) is 0 Å². The first kappa shape index (κ1) is 13.9. The number of halogens is 1. The highest BCUT2D eigenvalue weighted by atomic mass is 35.5. The summed E-state index contributed by atoms with van der Waals surface area (Å²) in [5.74, 6) is -0.415. The number of amides is 1. The minimum atomic E-state index is -0.525. The number of carbonyl (C=O) groups is 1. The zero-order valence-corrected chi connectivity index (χ0v) is 12.5. The molecule has 0 bridgehead atoms. The number of benzene rings is 2. The third kappa shape index (κ3) is 2.03. The first-order chi connectivity index (χ1) is 11.1. The molecule has 2 aromatic rings. The SMILES string of the molecule is O=C1c2c(cccc2[N+](=O)[O-])C2CC(c3ccc(Cl)cc3)=NN12. The number of nitro groups is 1. The fraction of sp³-hybridized carbons (Fsp3) is 0.125. The molecule has 1 unspecified atom stereocenters. The Bertz CT molecular complexity index is 877. The quantitative estimate of drug-likeness (QED) is 0.625. The van der Waals surface area contributed by atoms with Gasteiger partial charge in [0.05, 0.1) is 16.7 Å². The van der Waals surface area contributed by atoms with Crippen molar-refractivity contribution in [2.45, 2.75) is 12.5 Å². The zero-order valence-electron chi connectivity index (χ0n) is 11.8. The number of rotatable bonds is 2. The number of hydrogen-bond donors (Lipinski definition) is 0. The maximum Gasteiger partial charge on any atom is 0.282 e. The summed E-state index contributed by atoms with van der Waals surface area (Å²) < 4.78 is 0. The van der Waals surface area contributed by atoms with Gasteiger partial charge in [0.25, 0.3) is 11.6 Å². The lowest BCUT2D eigenvalue weighted by Gasteiger charge is -2.10. The van der Waals surface area contributed by atoms with Crippen LogP contribution in [0.3, 0.4) is 0 Å². The van der Waals surface area contributed by atoms with E-state index >= 15 is 0 Å². The molecule has 23 heavy (non-hydrogen) atoms. The second-order valence-corrected chi connectivity index (χ2v) is 5.86. The Balaban J connectivity index is 1.75. The summed E-state index contributed by atoms with van der Waals surface area (Å²) in [6.07, 6.45) is 0.529. The second-order valence-electron chi connectivity index (χ2n) is 5.42. The number of hydrogen-bond acceptors (Lipinski definition) is 4. The van der Waals surface area contributed by atoms with Crippen LogP contribution in [0.5, 0.6) is 0 Å². The fourth-order valence-corrected chi connectivity index (χ4v) is 3.22. The van der Waals surface area contributed by atoms with Crippen molar-refractivity contribution in [3.63, 3.8) is 0 Å². The van der Waals surface area contributed by atoms with Crippen LogP contribution in [0.15, 0.2) is 47.6 Å². The van der Waals surface area contributed by atoms with Crippen LogP contribution in [-0.4, -0.2) is 21.6 Å². The molecule has 1 atom stereocenters. The van der Waals surface area contributed by atoms with Gasteiger partial charge in [-0.25, -0.2) is 5.01 Å². The van der Waals surface area contributed by atoms with Crippen LogP contribution in [0.25, 0.3) is 0 Å². The van der Waals surface area contributed by atoms with Crippen molar-refractivity contribution in [1.82, 2.24) is 5.01 Å². The second kappa shape index (κ2) is 4.89. The molecule has 0 N–H and O–H groups in total. The van der Waals surface area contributed by atoms with E-state index in [1.54, 1.807) is 24.3 Å². The fourth-order valence-electron chi connectivity index (χ4n) is 3.09. The van der Waals surface area contributed by atoms with Gasteiger partial charge in [-0.15, -0.1) is 0 Å². The molecule has 2 aliphatic heterocycles. The van der Waals surface area contributed by atoms with E-state index in [-0.39, 0.29) is 17.3 Å². The van der Waals surface area contributed by atoms with E-state index in [4.69, 9.17) is 11.6 Å². The summed E-state index contributed by atoms with van der Waals surface area (Å²) in [6.45, 7) is 0. The van der Waals surface area contributed by atoms with Crippen molar-refractivity contribution in [2.24, 2.45) is 5.10 Å². The van der Waals surface area contributed by atoms with Crippen LogP contribution >= 0.6 is 11.6 Å². The molecule has 0 saturated heterocycles. The molecule has 0 spiro atoms. The van der Waals surface area contributed by atoms with Gasteiger partial charge in [-0.3, -0.25) is 14.9 Å². The largest absolute Gasteiger partial charge is 0.282 e. The molecule has 1 amide bonds. The summed E-state index contributed by atoms with van der Waals surface area (Å²) in [5.41, 5.74) is 2.32. The lowest BCUT2D eigenvalue weighted by atomic mass is 9.97. The average Bonchev–Trinajstić information content (AvgIpc) is 3.08. The first-order valence-corrected chi connectivity index (χ1v) is 7.38. The Kier molecular flexibility index (Phi) is 2.96. The third-order valence-corrected chi connectivity index (χ3v) is 4.39. The van der Waals surface area contributed by atoms with Crippen molar-refractivity contribution in [2.75, 3.05) is 0 Å². The van der Waals surface area contributed by atoms with E-state index < -0.39 is 10.8 Å². The standard InChI is InChI=1S/C16H10ClN3O3/c17-10-6-4-9(5-7-10)12-8-14-11-2-1-3-13(20(22)23)15(11)16(21)19(14)18-12/h1-7,14H,8H2. The highest BCUT2D eigenvalue weighted by Crippen LogP contribution is 2.44. The van der Waals surface area contributed by atoms with Crippen LogP contribution in [0, 0.1) is 10.1 Å². The van der Waals surface area contributed by atoms with Crippen LogP contribution in [0.4, 0.5) is 5.69 Å². The van der Waals surface area contributed by atoms with Gasteiger partial charge in [0, 0.05) is 17.5 Å². The molecule has 7 heteroatoms. The zero-order chi connectivity index (χ0) is 16.1. The number of nitro benzene ring substituents is 1. The normalized spacial score (nSPS) is 18.7. The van der Waals surface area contributed by atoms with E-state index in [0.717, 1.165) is 11.3 Å². The van der Waals surface area contributed by atoms with Crippen LogP contribution in [0.2, 0.25) is 5.02 Å². The van der Waals surface area contributed by atoms with Gasteiger partial charge in [-0.1, -0.05) is 35.9 Å². The van der Waals surface area contributed by atoms with Crippen LogP contribution < -0.4 is 0 Å². The molecule has 2 heterocycles. The number of carbonyl (C=O) groups excluding carboxylic acids is 1. The molecule has 0 aliphatic carbocycles. The molecular weight excluding hydrogens is 318 g/mol. The molecule has 2 aliphatic rings. The van der Waals surface area contributed by atoms with Gasteiger partial charge in [-0.05, 0) is 23.3 Å². The predicted molar refractivity (Wildman–Crippen MR) is 84.6 cm³/mol. The Labute approximate surface area is 136 Å². The Morgan fingerprint density at radius 2 is 1.96 bits per heavy atom. The summed E-state index contributed by atoms with van der Waals surface area (Å²) in [4.78, 5) is 23.1. The van der Waals surface area contributed by atoms with E-state index in [2.05, 4.69) is 5.10 Å². The molecule has 0 aromatic heterocycles. The van der Waals surface area contributed by atoms with E-state index in [9.17, 15) is 14.9 Å². The maximum absolute atomic E-state index is 12.5. The maximum atomic E-state index is 12.5. The van der Waals surface area contributed by atoms with Crippen molar-refractivity contribution in [3.8, 4) is 0 Å². The van der Waals surface area contributed by atoms with E-state index in [1.165, 1.54) is 11.1 Å². The van der Waals surface area contributed by atoms with Crippen LogP contribution in [0.1, 0.15) is 33.9 Å². The minimum absolute atomic E-state index is 0.154. The highest BCUT2D eigenvalue weighted by Gasteiger charge is 2.45. The van der Waals surface area contributed by atoms with Crippen molar-refractivity contribution >= 4 is 28.9 Å². The lowest BCUT2D eigenvalue weighted by Crippen LogP contribution is -2.18. The smallest absolute Gasteiger partial charge is 0.267 e. The Hall–Kier alpha value is -2.73. The van der Waals surface area contributed by atoms with Gasteiger partial charge in [0.2, 0.25) is 0 Å². The molecule has 0 saturated carbocycles. The predicted octanol–water partition coefficient (Wildman–Crippen LogP) is 3.55. The summed E-state index contributed by atoms with van der Waals surface area (Å²) >= 11 is 5.88. The van der Waals surface area contributed by atoms with Gasteiger partial charge in [0.15, 0.2) is 0 Å². The highest BCUT2D eigenvalue weighted by molar-refractivity contribution is 6.30. The summed E-state index contributed by atoms with van der Waals surface area (Å²) in [5, 5.41) is 17.5. The number of hydrazone groups is 1. The van der Waals surface area contributed by atoms with Crippen LogP contribution in [-0.2, 0) is 0 Å². The topological polar surface area (TPSA) is 75.8 Å². The molecule has 6 nitrogen and oxygen atoms in total. The summed E-state index contributed by atoms with van der Waals surface area (Å²) in [7, 11) is 0. The Morgan fingerprint density at radius 1 is 1.22 bits per heavy atom. The van der Waals surface area contributed by atoms with Crippen molar-refractivity contribution < 1.29 is 9.72 Å². The minimum Gasteiger partial charge on any atom is -0.267 e. The lowest BCUT2D eigenvalue weighted by molar-refractivity contribution is -0.385. The third-order valence-electron chi connectivity index (χ3n) is 4.14.